The summed E-state index contributed by atoms with van der Waals surface area (Å²) in [7, 11) is 0. The Morgan fingerprint density at radius 1 is 0.333 bits per heavy atom. The van der Waals surface area contributed by atoms with E-state index in [2.05, 4.69) is 200 Å². The SMILES string of the molecule is CC.CC.CC(C)(C)c1ccc(-c2cc(-c3cnc4ccccc4c3)c3ccc4c(-c5ccc(C(C)(C)C)cc5)cc(-c5cnc6ccccc6c5)c5ccc2c3c45)cc1. The third-order valence-electron chi connectivity index (χ3n) is 11.8. The number of rotatable bonds is 4. The van der Waals surface area contributed by atoms with Gasteiger partial charge in [0.2, 0.25) is 0 Å². The van der Waals surface area contributed by atoms with E-state index >= 15 is 0 Å². The number of nitrogens with zero attached hydrogens (tertiary/aromatic N) is 2. The molecule has 2 aromatic heterocycles. The van der Waals surface area contributed by atoms with E-state index in [0.717, 1.165) is 32.9 Å². The van der Waals surface area contributed by atoms with Gasteiger partial charge in [-0.2, -0.15) is 0 Å². The van der Waals surface area contributed by atoms with Gasteiger partial charge in [-0.05, 0) is 124 Å². The normalized spacial score (nSPS) is 11.8. The van der Waals surface area contributed by atoms with Gasteiger partial charge < -0.3 is 0 Å². The molecular formula is C58H56N2. The van der Waals surface area contributed by atoms with Gasteiger partial charge in [-0.3, -0.25) is 9.97 Å². The van der Waals surface area contributed by atoms with Crippen LogP contribution >= 0.6 is 0 Å². The predicted octanol–water partition coefficient (Wildman–Crippen LogP) is 17.0. The largest absolute Gasteiger partial charge is 0.256 e. The number of benzene rings is 8. The van der Waals surface area contributed by atoms with Crippen molar-refractivity contribution in [3.63, 3.8) is 0 Å². The van der Waals surface area contributed by atoms with Crippen LogP contribution in [-0.4, -0.2) is 9.97 Å². The molecule has 0 N–H and O–H groups in total. The fourth-order valence-corrected chi connectivity index (χ4v) is 8.68. The van der Waals surface area contributed by atoms with Crippen LogP contribution in [0.5, 0.6) is 0 Å². The second-order valence-electron chi connectivity index (χ2n) is 17.5. The molecule has 298 valence electrons. The highest BCUT2D eigenvalue weighted by atomic mass is 14.7. The molecule has 0 fully saturated rings. The summed E-state index contributed by atoms with van der Waals surface area (Å²) in [4.78, 5) is 9.91. The van der Waals surface area contributed by atoms with Crippen molar-refractivity contribution in [3.05, 3.63) is 169 Å². The minimum Gasteiger partial charge on any atom is -0.256 e. The lowest BCUT2D eigenvalue weighted by molar-refractivity contribution is 0.590. The van der Waals surface area contributed by atoms with Gasteiger partial charge in [0.25, 0.3) is 0 Å². The molecule has 0 aliphatic heterocycles. The standard InChI is InChI=1S/C54H44N2.2C2H6/c1-53(2,3)39-19-15-33(16-20-39)45-29-47(37-27-35-11-7-9-13-49(35)55-31-37)43-26-24-42-46(34-17-21-40(22-18-34)54(4,5)6)30-48(44-25-23-41(45)51(43)52(42)44)38-28-36-12-8-10-14-50(36)56-32-38;2*1-2/h7-32H,1-6H3;2*1-2H3. The molecule has 0 saturated heterocycles. The summed E-state index contributed by atoms with van der Waals surface area (Å²) < 4.78 is 0. The van der Waals surface area contributed by atoms with E-state index in [-0.39, 0.29) is 10.8 Å². The van der Waals surface area contributed by atoms with Crippen molar-refractivity contribution in [2.75, 3.05) is 0 Å². The van der Waals surface area contributed by atoms with E-state index in [9.17, 15) is 0 Å². The van der Waals surface area contributed by atoms with Crippen molar-refractivity contribution >= 4 is 54.1 Å². The predicted molar refractivity (Wildman–Crippen MR) is 263 cm³/mol. The minimum absolute atomic E-state index is 0.0681. The molecule has 0 radical (unpaired) electrons. The molecule has 0 spiro atoms. The Morgan fingerprint density at radius 2 is 0.650 bits per heavy atom. The Hall–Kier alpha value is -6.38. The van der Waals surface area contributed by atoms with Gasteiger partial charge in [-0.15, -0.1) is 0 Å². The molecule has 0 aliphatic rings. The summed E-state index contributed by atoms with van der Waals surface area (Å²) in [6.07, 6.45) is 4.10. The fraction of sp³-hybridized carbons (Fsp3) is 0.207. The molecule has 0 bridgehead atoms. The first kappa shape index (κ1) is 40.4. The maximum absolute atomic E-state index is 4.96. The minimum atomic E-state index is 0.0681. The number of hydrogen-bond acceptors (Lipinski definition) is 2. The average Bonchev–Trinajstić information content (AvgIpc) is 3.28. The topological polar surface area (TPSA) is 25.8 Å². The molecule has 2 heteroatoms. The molecule has 0 saturated carbocycles. The molecular weight excluding hydrogens is 725 g/mol. The zero-order chi connectivity index (χ0) is 42.3. The summed E-state index contributed by atoms with van der Waals surface area (Å²) in [5.74, 6) is 0. The molecule has 10 aromatic rings. The summed E-state index contributed by atoms with van der Waals surface area (Å²) >= 11 is 0. The molecule has 60 heavy (non-hydrogen) atoms. The van der Waals surface area contributed by atoms with E-state index in [1.54, 1.807) is 0 Å². The first-order valence-electron chi connectivity index (χ1n) is 21.7. The Bertz CT molecular complexity index is 2910. The molecule has 0 amide bonds. The maximum atomic E-state index is 4.96. The first-order chi connectivity index (χ1) is 29.0. The van der Waals surface area contributed by atoms with Crippen LogP contribution in [0.15, 0.2) is 158 Å². The van der Waals surface area contributed by atoms with Gasteiger partial charge in [0.1, 0.15) is 0 Å². The number of hydrogen-bond donors (Lipinski definition) is 0. The molecule has 10 rings (SSSR count). The molecule has 2 nitrogen and oxygen atoms in total. The van der Waals surface area contributed by atoms with Crippen LogP contribution in [-0.2, 0) is 10.8 Å². The highest BCUT2D eigenvalue weighted by molar-refractivity contribution is 6.32. The van der Waals surface area contributed by atoms with Crippen LogP contribution in [0.4, 0.5) is 0 Å². The smallest absolute Gasteiger partial charge is 0.0702 e. The van der Waals surface area contributed by atoms with E-state index in [1.165, 1.54) is 76.8 Å². The molecule has 2 heterocycles. The number of fused-ring (bicyclic) bond motifs is 2. The Labute approximate surface area is 356 Å². The second-order valence-corrected chi connectivity index (χ2v) is 17.5. The van der Waals surface area contributed by atoms with Gasteiger partial charge in [-0.25, -0.2) is 0 Å². The summed E-state index contributed by atoms with van der Waals surface area (Å²) in [5, 5.41) is 9.80. The van der Waals surface area contributed by atoms with Crippen molar-refractivity contribution < 1.29 is 0 Å². The molecule has 0 atom stereocenters. The molecule has 8 aromatic carbocycles. The zero-order valence-electron chi connectivity index (χ0n) is 36.9. The maximum Gasteiger partial charge on any atom is 0.0702 e. The van der Waals surface area contributed by atoms with Gasteiger partial charge in [-0.1, -0.05) is 178 Å². The van der Waals surface area contributed by atoms with Gasteiger partial charge in [0, 0.05) is 34.3 Å². The summed E-state index contributed by atoms with van der Waals surface area (Å²) in [5.41, 5.74) is 14.3. The van der Waals surface area contributed by atoms with E-state index < -0.39 is 0 Å². The second kappa shape index (κ2) is 16.0. The van der Waals surface area contributed by atoms with E-state index in [1.807, 2.05) is 27.7 Å². The van der Waals surface area contributed by atoms with Gasteiger partial charge >= 0.3 is 0 Å². The van der Waals surface area contributed by atoms with Crippen molar-refractivity contribution in [1.82, 2.24) is 9.97 Å². The van der Waals surface area contributed by atoms with Crippen molar-refractivity contribution in [2.24, 2.45) is 0 Å². The van der Waals surface area contributed by atoms with Crippen LogP contribution in [0.3, 0.4) is 0 Å². The number of aromatic nitrogens is 2. The molecule has 0 aliphatic carbocycles. The highest BCUT2D eigenvalue weighted by Crippen LogP contribution is 2.49. The highest BCUT2D eigenvalue weighted by Gasteiger charge is 2.23. The lowest BCUT2D eigenvalue weighted by Gasteiger charge is -2.23. The average molecular weight is 781 g/mol. The Kier molecular flexibility index (Phi) is 10.8. The van der Waals surface area contributed by atoms with Crippen LogP contribution in [0, 0.1) is 0 Å². The van der Waals surface area contributed by atoms with Gasteiger partial charge in [0.05, 0.1) is 11.0 Å². The number of pyridine rings is 2. The monoisotopic (exact) mass is 780 g/mol. The Morgan fingerprint density at radius 3 is 0.983 bits per heavy atom. The zero-order valence-corrected chi connectivity index (χ0v) is 36.9. The lowest BCUT2D eigenvalue weighted by Crippen LogP contribution is -2.10. The summed E-state index contributed by atoms with van der Waals surface area (Å²) in [6.45, 7) is 21.7. The van der Waals surface area contributed by atoms with Crippen LogP contribution in [0.2, 0.25) is 0 Å². The van der Waals surface area contributed by atoms with Crippen LogP contribution in [0.1, 0.15) is 80.4 Å². The van der Waals surface area contributed by atoms with Crippen molar-refractivity contribution in [1.29, 1.82) is 0 Å². The molecule has 0 unspecified atom stereocenters. The van der Waals surface area contributed by atoms with Crippen LogP contribution in [0.25, 0.3) is 98.6 Å². The Balaban J connectivity index is 0.00000121. The van der Waals surface area contributed by atoms with Crippen molar-refractivity contribution in [2.45, 2.75) is 80.1 Å². The van der Waals surface area contributed by atoms with Gasteiger partial charge in [0.15, 0.2) is 0 Å². The third kappa shape index (κ3) is 7.19. The third-order valence-corrected chi connectivity index (χ3v) is 11.8. The van der Waals surface area contributed by atoms with Crippen molar-refractivity contribution in [3.8, 4) is 44.5 Å². The fourth-order valence-electron chi connectivity index (χ4n) is 8.68. The first-order valence-corrected chi connectivity index (χ1v) is 21.7. The summed E-state index contributed by atoms with van der Waals surface area (Å²) in [6, 6.07) is 54.1. The van der Waals surface area contributed by atoms with E-state index in [0.29, 0.717) is 0 Å². The lowest BCUT2D eigenvalue weighted by atomic mass is 9.81. The number of para-hydroxylation sites is 2. The van der Waals surface area contributed by atoms with E-state index in [4.69, 9.17) is 9.97 Å². The van der Waals surface area contributed by atoms with Crippen LogP contribution < -0.4 is 0 Å². The quantitative estimate of drug-likeness (QED) is 0.166.